The molecule has 0 spiro atoms. The van der Waals surface area contributed by atoms with E-state index in [1.807, 2.05) is 61.5 Å². The molecule has 0 saturated heterocycles. The van der Waals surface area contributed by atoms with Crippen LogP contribution in [0.15, 0.2) is 54.6 Å². The van der Waals surface area contributed by atoms with Gasteiger partial charge in [0.2, 0.25) is 0 Å². The molecule has 2 aromatic carbocycles. The lowest BCUT2D eigenvalue weighted by Gasteiger charge is -2.29. The van der Waals surface area contributed by atoms with Crippen LogP contribution in [0.3, 0.4) is 0 Å². The molecule has 0 aliphatic carbocycles. The van der Waals surface area contributed by atoms with E-state index in [4.69, 9.17) is 14.2 Å². The number of rotatable bonds is 11. The number of hydrogen-bond acceptors (Lipinski definition) is 5. The molecule has 5 nitrogen and oxygen atoms in total. The maximum absolute atomic E-state index is 12.7. The minimum Gasteiger partial charge on any atom is -0.459 e. The Morgan fingerprint density at radius 1 is 0.839 bits per heavy atom. The Hall–Kier alpha value is -2.82. The number of unbranched alkanes of at least 4 members (excludes halogenated alkanes) is 1. The monoisotopic (exact) mass is 426 g/mol. The van der Waals surface area contributed by atoms with Crippen LogP contribution in [0.5, 0.6) is 0 Å². The Morgan fingerprint density at radius 3 is 2.10 bits per heavy atom. The first kappa shape index (κ1) is 24.4. The van der Waals surface area contributed by atoms with Crippen molar-refractivity contribution >= 4 is 12.1 Å². The molecule has 0 aliphatic heterocycles. The van der Waals surface area contributed by atoms with E-state index in [1.54, 1.807) is 13.8 Å². The van der Waals surface area contributed by atoms with Crippen molar-refractivity contribution in [3.8, 4) is 0 Å². The zero-order chi connectivity index (χ0) is 22.6. The third-order valence-corrected chi connectivity index (χ3v) is 5.37. The highest BCUT2D eigenvalue weighted by Crippen LogP contribution is 2.23. The van der Waals surface area contributed by atoms with Gasteiger partial charge in [-0.3, -0.25) is 0 Å². The van der Waals surface area contributed by atoms with Crippen LogP contribution in [0.1, 0.15) is 62.0 Å². The summed E-state index contributed by atoms with van der Waals surface area (Å²) in [6.07, 6.45) is 2.21. The fourth-order valence-corrected chi connectivity index (χ4v) is 3.50. The molecule has 0 aliphatic rings. The number of carbonyl (C=O) groups is 2. The van der Waals surface area contributed by atoms with Crippen molar-refractivity contribution in [2.75, 3.05) is 6.61 Å². The first-order valence-electron chi connectivity index (χ1n) is 11.1. The SMILES string of the molecule is CCCCc1ccc(C(=O)OC(C)C(Cc2ccccc2)C(C)OC(=O)OCC)cc1. The average Bonchev–Trinajstić information content (AvgIpc) is 2.77. The molecular weight excluding hydrogens is 392 g/mol. The van der Waals surface area contributed by atoms with Gasteiger partial charge < -0.3 is 14.2 Å². The lowest BCUT2D eigenvalue weighted by atomic mass is 9.90. The standard InChI is InChI=1S/C26H34O5/c1-5-7-11-21-14-16-23(17-15-21)25(27)30-19(3)24(18-22-12-9-8-10-13-22)20(4)31-26(28)29-6-2/h8-10,12-17,19-20,24H,5-7,11,18H2,1-4H3. The number of esters is 1. The molecule has 0 bridgehead atoms. The average molecular weight is 427 g/mol. The van der Waals surface area contributed by atoms with Crippen molar-refractivity contribution in [2.24, 2.45) is 5.92 Å². The Balaban J connectivity index is 2.08. The number of hydrogen-bond donors (Lipinski definition) is 0. The Bertz CT molecular complexity index is 800. The molecule has 0 N–H and O–H groups in total. The Morgan fingerprint density at radius 2 is 1.48 bits per heavy atom. The summed E-state index contributed by atoms with van der Waals surface area (Å²) in [5, 5.41) is 0. The number of ether oxygens (including phenoxy) is 3. The number of aryl methyl sites for hydroxylation is 1. The quantitative estimate of drug-likeness (QED) is 0.413. The second-order valence-corrected chi connectivity index (χ2v) is 7.77. The molecule has 0 amide bonds. The van der Waals surface area contributed by atoms with Crippen molar-refractivity contribution in [2.45, 2.75) is 65.6 Å². The zero-order valence-electron chi connectivity index (χ0n) is 19.0. The van der Waals surface area contributed by atoms with E-state index >= 15 is 0 Å². The number of carbonyl (C=O) groups excluding carboxylic acids is 2. The topological polar surface area (TPSA) is 61.8 Å². The zero-order valence-corrected chi connectivity index (χ0v) is 19.0. The summed E-state index contributed by atoms with van der Waals surface area (Å²) in [5.41, 5.74) is 2.81. The normalized spacial score (nSPS) is 13.7. The lowest BCUT2D eigenvalue weighted by Crippen LogP contribution is -2.36. The van der Waals surface area contributed by atoms with Gasteiger partial charge in [-0.05, 0) is 63.3 Å². The first-order valence-corrected chi connectivity index (χ1v) is 11.1. The number of benzene rings is 2. The van der Waals surface area contributed by atoms with Crippen molar-refractivity contribution in [1.29, 1.82) is 0 Å². The van der Waals surface area contributed by atoms with Crippen molar-refractivity contribution < 1.29 is 23.8 Å². The largest absolute Gasteiger partial charge is 0.508 e. The second kappa shape index (κ2) is 12.8. The van der Waals surface area contributed by atoms with E-state index in [1.165, 1.54) is 5.56 Å². The van der Waals surface area contributed by atoms with Crippen LogP contribution in [0.25, 0.3) is 0 Å². The highest BCUT2D eigenvalue weighted by molar-refractivity contribution is 5.89. The van der Waals surface area contributed by atoms with Gasteiger partial charge in [-0.25, -0.2) is 9.59 Å². The molecular formula is C26H34O5. The maximum Gasteiger partial charge on any atom is 0.508 e. The predicted molar refractivity (Wildman–Crippen MR) is 121 cm³/mol. The third-order valence-electron chi connectivity index (χ3n) is 5.37. The van der Waals surface area contributed by atoms with Gasteiger partial charge in [0.05, 0.1) is 12.2 Å². The van der Waals surface area contributed by atoms with E-state index < -0.39 is 18.4 Å². The first-order chi connectivity index (χ1) is 14.9. The van der Waals surface area contributed by atoms with E-state index in [0.717, 1.165) is 24.8 Å². The fraction of sp³-hybridized carbons (Fsp3) is 0.462. The van der Waals surface area contributed by atoms with Crippen molar-refractivity contribution in [1.82, 2.24) is 0 Å². The second-order valence-electron chi connectivity index (χ2n) is 7.77. The molecule has 0 fully saturated rings. The third kappa shape index (κ3) is 8.08. The summed E-state index contributed by atoms with van der Waals surface area (Å²) in [6, 6.07) is 17.5. The smallest absolute Gasteiger partial charge is 0.459 e. The van der Waals surface area contributed by atoms with E-state index in [0.29, 0.717) is 12.0 Å². The van der Waals surface area contributed by atoms with Gasteiger partial charge in [-0.1, -0.05) is 55.8 Å². The summed E-state index contributed by atoms with van der Waals surface area (Å²) in [5.74, 6) is -0.601. The highest BCUT2D eigenvalue weighted by Gasteiger charge is 2.30. The van der Waals surface area contributed by atoms with Crippen LogP contribution in [0.4, 0.5) is 4.79 Å². The van der Waals surface area contributed by atoms with Crippen LogP contribution in [0.2, 0.25) is 0 Å². The van der Waals surface area contributed by atoms with Crippen LogP contribution < -0.4 is 0 Å². The molecule has 2 aromatic rings. The van der Waals surface area contributed by atoms with Crippen LogP contribution >= 0.6 is 0 Å². The van der Waals surface area contributed by atoms with Gasteiger partial charge in [0, 0.05) is 5.92 Å². The van der Waals surface area contributed by atoms with Crippen LogP contribution in [0, 0.1) is 5.92 Å². The van der Waals surface area contributed by atoms with E-state index in [2.05, 4.69) is 6.92 Å². The Labute approximate surface area is 185 Å². The van der Waals surface area contributed by atoms with Gasteiger partial charge in [0.25, 0.3) is 0 Å². The lowest BCUT2D eigenvalue weighted by molar-refractivity contribution is -0.0304. The van der Waals surface area contributed by atoms with E-state index in [-0.39, 0.29) is 18.5 Å². The summed E-state index contributed by atoms with van der Waals surface area (Å²) < 4.78 is 16.1. The molecule has 0 radical (unpaired) electrons. The van der Waals surface area contributed by atoms with Gasteiger partial charge >= 0.3 is 12.1 Å². The molecule has 0 saturated carbocycles. The molecule has 5 heteroatoms. The maximum atomic E-state index is 12.7. The highest BCUT2D eigenvalue weighted by atomic mass is 16.7. The molecule has 3 atom stereocenters. The summed E-state index contributed by atoms with van der Waals surface area (Å²) in [4.78, 5) is 24.6. The molecule has 31 heavy (non-hydrogen) atoms. The van der Waals surface area contributed by atoms with Gasteiger partial charge in [0.1, 0.15) is 12.2 Å². The minimum atomic E-state index is -0.714. The fourth-order valence-electron chi connectivity index (χ4n) is 3.50. The van der Waals surface area contributed by atoms with E-state index in [9.17, 15) is 9.59 Å². The summed E-state index contributed by atoms with van der Waals surface area (Å²) in [7, 11) is 0. The Kier molecular flexibility index (Phi) is 10.1. The molecule has 0 heterocycles. The van der Waals surface area contributed by atoms with Crippen LogP contribution in [-0.4, -0.2) is 30.9 Å². The molecule has 2 rings (SSSR count). The van der Waals surface area contributed by atoms with Gasteiger partial charge in [0.15, 0.2) is 0 Å². The molecule has 0 aromatic heterocycles. The van der Waals surface area contributed by atoms with Gasteiger partial charge in [-0.15, -0.1) is 0 Å². The molecule has 168 valence electrons. The van der Waals surface area contributed by atoms with Crippen molar-refractivity contribution in [3.63, 3.8) is 0 Å². The summed E-state index contributed by atoms with van der Waals surface area (Å²) in [6.45, 7) is 7.77. The minimum absolute atomic E-state index is 0.223. The van der Waals surface area contributed by atoms with Gasteiger partial charge in [-0.2, -0.15) is 0 Å². The summed E-state index contributed by atoms with van der Waals surface area (Å²) >= 11 is 0. The predicted octanol–water partition coefficient (Wildman–Crippen LogP) is 6.00. The van der Waals surface area contributed by atoms with Crippen LogP contribution in [-0.2, 0) is 27.1 Å². The van der Waals surface area contributed by atoms with Crippen molar-refractivity contribution in [3.05, 3.63) is 71.3 Å². The molecule has 3 unspecified atom stereocenters.